The third kappa shape index (κ3) is 4.44. The molecule has 0 aliphatic carbocycles. The molecule has 0 aliphatic rings. The third-order valence-electron chi connectivity index (χ3n) is 2.67. The number of nitrogens with one attached hydrogen (secondary N) is 1. The number of hydrazone groups is 1. The van der Waals surface area contributed by atoms with Crippen molar-refractivity contribution >= 4 is 22.7 Å². The molecule has 3 nitrogen and oxygen atoms in total. The van der Waals surface area contributed by atoms with Gasteiger partial charge in [-0.3, -0.25) is 5.43 Å². The third-order valence-corrected chi connectivity index (χ3v) is 3.53. The van der Waals surface area contributed by atoms with Crippen molar-refractivity contribution in [2.24, 2.45) is 5.10 Å². The molecular weight excluding hydrogens is 344 g/mol. The van der Waals surface area contributed by atoms with Gasteiger partial charge in [-0.15, -0.1) is 11.3 Å². The molecule has 0 unspecified atom stereocenters. The first-order valence-electron chi connectivity index (χ1n) is 6.07. The Kier molecular flexibility index (Phi) is 4.64. The predicted molar refractivity (Wildman–Crippen MR) is 74.5 cm³/mol. The van der Waals surface area contributed by atoms with Crippen LogP contribution >= 0.6 is 11.3 Å². The van der Waals surface area contributed by atoms with Gasteiger partial charge >= 0.3 is 12.4 Å². The number of halogens is 6. The van der Waals surface area contributed by atoms with Crippen LogP contribution in [0.4, 0.5) is 31.5 Å². The van der Waals surface area contributed by atoms with E-state index >= 15 is 0 Å². The van der Waals surface area contributed by atoms with Gasteiger partial charge in [0, 0.05) is 10.9 Å². The quantitative estimate of drug-likeness (QED) is 0.482. The summed E-state index contributed by atoms with van der Waals surface area (Å²) in [6.45, 7) is 1.71. The van der Waals surface area contributed by atoms with E-state index in [4.69, 9.17) is 0 Å². The second kappa shape index (κ2) is 6.19. The Balaban J connectivity index is 2.33. The van der Waals surface area contributed by atoms with Crippen LogP contribution in [0.1, 0.15) is 22.4 Å². The minimum absolute atomic E-state index is 0.319. The molecule has 0 saturated carbocycles. The molecule has 0 bridgehead atoms. The molecule has 0 spiro atoms. The van der Waals surface area contributed by atoms with Crippen LogP contribution in [0.2, 0.25) is 0 Å². The van der Waals surface area contributed by atoms with Gasteiger partial charge in [0.2, 0.25) is 5.13 Å². The summed E-state index contributed by atoms with van der Waals surface area (Å²) in [4.78, 5) is 3.96. The normalized spacial score (nSPS) is 12.8. The zero-order valence-corrected chi connectivity index (χ0v) is 12.3. The standard InChI is InChI=1S/C13H9F6N3S/c1-7-6-23-11(21-7)22-20-5-8-4-9(12(14,15)16)2-3-10(8)13(17,18)19/h2-6H,1H3,(H,21,22). The highest BCUT2D eigenvalue weighted by Gasteiger charge is 2.36. The summed E-state index contributed by atoms with van der Waals surface area (Å²) in [5.74, 6) is 0. The summed E-state index contributed by atoms with van der Waals surface area (Å²) in [7, 11) is 0. The van der Waals surface area contributed by atoms with Gasteiger partial charge in [0.25, 0.3) is 0 Å². The average Bonchev–Trinajstić information content (AvgIpc) is 2.82. The minimum atomic E-state index is -4.79. The Labute approximate surface area is 130 Å². The van der Waals surface area contributed by atoms with E-state index in [1.165, 1.54) is 0 Å². The van der Waals surface area contributed by atoms with E-state index in [9.17, 15) is 26.3 Å². The van der Waals surface area contributed by atoms with Crippen molar-refractivity contribution in [3.8, 4) is 0 Å². The van der Waals surface area contributed by atoms with Crippen LogP contribution in [0, 0.1) is 6.92 Å². The fourth-order valence-electron chi connectivity index (χ4n) is 1.67. The molecule has 0 aliphatic heterocycles. The number of rotatable bonds is 3. The van der Waals surface area contributed by atoms with E-state index in [-0.39, 0.29) is 0 Å². The number of aryl methyl sites for hydroxylation is 1. The van der Waals surface area contributed by atoms with Crippen molar-refractivity contribution in [1.29, 1.82) is 0 Å². The molecule has 10 heteroatoms. The number of aromatic nitrogens is 1. The van der Waals surface area contributed by atoms with E-state index in [1.807, 2.05) is 0 Å². The van der Waals surface area contributed by atoms with Crippen molar-refractivity contribution in [2.75, 3.05) is 5.43 Å². The fraction of sp³-hybridized carbons (Fsp3) is 0.231. The van der Waals surface area contributed by atoms with Crippen molar-refractivity contribution in [1.82, 2.24) is 4.98 Å². The number of hydrogen-bond donors (Lipinski definition) is 1. The lowest BCUT2D eigenvalue weighted by Crippen LogP contribution is -2.12. The maximum atomic E-state index is 12.9. The number of thiazole rings is 1. The summed E-state index contributed by atoms with van der Waals surface area (Å²) in [6, 6.07) is 1.18. The van der Waals surface area contributed by atoms with E-state index in [1.54, 1.807) is 12.3 Å². The fourth-order valence-corrected chi connectivity index (χ4v) is 2.30. The van der Waals surface area contributed by atoms with Gasteiger partial charge in [0.05, 0.1) is 23.0 Å². The summed E-state index contributed by atoms with van der Waals surface area (Å²) in [5, 5.41) is 5.53. The lowest BCUT2D eigenvalue weighted by molar-refractivity contribution is -0.141. The molecule has 0 fully saturated rings. The number of hydrogen-bond acceptors (Lipinski definition) is 4. The van der Waals surface area contributed by atoms with Crippen molar-refractivity contribution < 1.29 is 26.3 Å². The largest absolute Gasteiger partial charge is 0.417 e. The first-order chi connectivity index (χ1) is 10.6. The van der Waals surface area contributed by atoms with Gasteiger partial charge in [-0.25, -0.2) is 4.98 Å². The Morgan fingerprint density at radius 2 is 1.83 bits per heavy atom. The van der Waals surface area contributed by atoms with Gasteiger partial charge in [-0.05, 0) is 25.1 Å². The van der Waals surface area contributed by atoms with Crippen LogP contribution in [-0.4, -0.2) is 11.2 Å². The molecule has 1 heterocycles. The molecule has 2 aromatic rings. The summed E-state index contributed by atoms with van der Waals surface area (Å²) >= 11 is 1.16. The van der Waals surface area contributed by atoms with E-state index < -0.39 is 29.0 Å². The summed E-state index contributed by atoms with van der Waals surface area (Å²) < 4.78 is 76.5. The van der Waals surface area contributed by atoms with E-state index in [0.29, 0.717) is 35.2 Å². The molecule has 1 aromatic carbocycles. The highest BCUT2D eigenvalue weighted by atomic mass is 32.1. The average molecular weight is 353 g/mol. The molecule has 0 atom stereocenters. The highest BCUT2D eigenvalue weighted by Crippen LogP contribution is 2.35. The van der Waals surface area contributed by atoms with Gasteiger partial charge < -0.3 is 0 Å². The lowest BCUT2D eigenvalue weighted by Gasteiger charge is -2.13. The van der Waals surface area contributed by atoms with E-state index in [2.05, 4.69) is 15.5 Å². The van der Waals surface area contributed by atoms with Gasteiger partial charge in [-0.2, -0.15) is 31.4 Å². The zero-order valence-electron chi connectivity index (χ0n) is 11.5. The predicted octanol–water partition coefficient (Wildman–Crippen LogP) is 4.94. The van der Waals surface area contributed by atoms with E-state index in [0.717, 1.165) is 11.3 Å². The van der Waals surface area contributed by atoms with Crippen LogP contribution in [0.5, 0.6) is 0 Å². The maximum Gasteiger partial charge on any atom is 0.417 e. The molecule has 1 aromatic heterocycles. The highest BCUT2D eigenvalue weighted by molar-refractivity contribution is 7.13. The number of nitrogens with zero attached hydrogens (tertiary/aromatic N) is 2. The number of anilines is 1. The second-order valence-corrected chi connectivity index (χ2v) is 5.32. The molecule has 0 amide bonds. The van der Waals surface area contributed by atoms with Crippen LogP contribution in [0.25, 0.3) is 0 Å². The molecule has 0 saturated heterocycles. The lowest BCUT2D eigenvalue weighted by atomic mass is 10.0. The van der Waals surface area contributed by atoms with Crippen molar-refractivity contribution in [2.45, 2.75) is 19.3 Å². The number of benzene rings is 1. The summed E-state index contributed by atoms with van der Waals surface area (Å²) in [5.41, 5.74) is -0.0105. The Morgan fingerprint density at radius 3 is 2.35 bits per heavy atom. The Hall–Kier alpha value is -2.10. The molecule has 1 N–H and O–H groups in total. The smallest absolute Gasteiger partial charge is 0.253 e. The van der Waals surface area contributed by atoms with Gasteiger partial charge in [0.15, 0.2) is 0 Å². The monoisotopic (exact) mass is 353 g/mol. The molecular formula is C13H9F6N3S. The van der Waals surface area contributed by atoms with Crippen LogP contribution in [0.3, 0.4) is 0 Å². The SMILES string of the molecule is Cc1csc(NN=Cc2cc(C(F)(F)F)ccc2C(F)(F)F)n1. The minimum Gasteiger partial charge on any atom is -0.253 e. The zero-order chi connectivity index (χ0) is 17.3. The second-order valence-electron chi connectivity index (χ2n) is 4.46. The first kappa shape index (κ1) is 17.3. The molecule has 2 rings (SSSR count). The number of alkyl halides is 6. The van der Waals surface area contributed by atoms with Crippen LogP contribution in [0.15, 0.2) is 28.7 Å². The Morgan fingerprint density at radius 1 is 1.13 bits per heavy atom. The van der Waals surface area contributed by atoms with Crippen molar-refractivity contribution in [3.63, 3.8) is 0 Å². The Bertz CT molecular complexity index is 717. The van der Waals surface area contributed by atoms with Gasteiger partial charge in [0.1, 0.15) is 0 Å². The first-order valence-corrected chi connectivity index (χ1v) is 6.95. The van der Waals surface area contributed by atoms with Crippen LogP contribution < -0.4 is 5.43 Å². The molecule has 23 heavy (non-hydrogen) atoms. The van der Waals surface area contributed by atoms with Gasteiger partial charge in [-0.1, -0.05) is 0 Å². The molecule has 0 radical (unpaired) electrons. The summed E-state index contributed by atoms with van der Waals surface area (Å²) in [6.07, 6.45) is -8.84. The molecule has 124 valence electrons. The topological polar surface area (TPSA) is 37.3 Å². The van der Waals surface area contributed by atoms with Crippen molar-refractivity contribution in [3.05, 3.63) is 46.0 Å². The maximum absolute atomic E-state index is 12.9. The van der Waals surface area contributed by atoms with Crippen LogP contribution in [-0.2, 0) is 12.4 Å².